The number of nitrogens with one attached hydrogen (secondary N) is 2. The second-order valence-electron chi connectivity index (χ2n) is 5.56. The van der Waals surface area contributed by atoms with Crippen LogP contribution in [0.4, 0.5) is 0 Å². The molecule has 0 saturated carbocycles. The van der Waals surface area contributed by atoms with Crippen molar-refractivity contribution in [1.29, 1.82) is 0 Å². The fourth-order valence-corrected chi connectivity index (χ4v) is 2.97. The highest BCUT2D eigenvalue weighted by atomic mass is 127. The van der Waals surface area contributed by atoms with Crippen LogP contribution in [0, 0.1) is 0 Å². The van der Waals surface area contributed by atoms with E-state index in [1.54, 1.807) is 19.4 Å². The summed E-state index contributed by atoms with van der Waals surface area (Å²) >= 11 is 12.1. The monoisotopic (exact) mass is 510 g/mol. The molecule has 144 valence electrons. The van der Waals surface area contributed by atoms with Gasteiger partial charge < -0.3 is 15.2 Å². The summed E-state index contributed by atoms with van der Waals surface area (Å²) in [6.07, 6.45) is 4.47. The molecule has 26 heavy (non-hydrogen) atoms. The van der Waals surface area contributed by atoms with E-state index in [1.807, 2.05) is 16.7 Å². The maximum absolute atomic E-state index is 6.19. The van der Waals surface area contributed by atoms with Crippen LogP contribution in [0.5, 0.6) is 0 Å². The van der Waals surface area contributed by atoms with E-state index in [9.17, 15) is 0 Å². The average molecular weight is 511 g/mol. The van der Waals surface area contributed by atoms with Gasteiger partial charge in [-0.15, -0.1) is 34.2 Å². The molecule has 2 rings (SSSR count). The lowest BCUT2D eigenvalue weighted by molar-refractivity contribution is 0.630. The van der Waals surface area contributed by atoms with Crippen molar-refractivity contribution in [3.8, 4) is 0 Å². The predicted octanol–water partition coefficient (Wildman–Crippen LogP) is 3.56. The lowest BCUT2D eigenvalue weighted by atomic mass is 10.1. The molecule has 0 aliphatic carbocycles. The normalized spacial score (nSPS) is 11.2. The summed E-state index contributed by atoms with van der Waals surface area (Å²) in [5.41, 5.74) is 1.11. The smallest absolute Gasteiger partial charge is 0.191 e. The van der Waals surface area contributed by atoms with Crippen molar-refractivity contribution in [3.05, 3.63) is 46.0 Å². The molecule has 0 aliphatic heterocycles. The number of nitrogens with zero attached hydrogens (tertiary/aromatic N) is 4. The lowest BCUT2D eigenvalue weighted by Gasteiger charge is -2.13. The highest BCUT2D eigenvalue weighted by molar-refractivity contribution is 14.0. The Morgan fingerprint density at radius 2 is 2.00 bits per heavy atom. The Balaban J connectivity index is 0.00000338. The molecule has 0 radical (unpaired) electrons. The van der Waals surface area contributed by atoms with E-state index in [0.717, 1.165) is 61.3 Å². The molecule has 0 spiro atoms. The number of hydrogen-bond acceptors (Lipinski definition) is 3. The van der Waals surface area contributed by atoms with E-state index in [1.165, 1.54) is 0 Å². The van der Waals surface area contributed by atoms with Crippen LogP contribution in [0.3, 0.4) is 0 Å². The van der Waals surface area contributed by atoms with Gasteiger partial charge in [0.25, 0.3) is 0 Å². The second kappa shape index (κ2) is 12.3. The molecule has 0 amide bonds. The Morgan fingerprint density at radius 1 is 1.23 bits per heavy atom. The average Bonchev–Trinajstić information content (AvgIpc) is 3.06. The minimum atomic E-state index is 0. The van der Waals surface area contributed by atoms with Gasteiger partial charge in [-0.3, -0.25) is 4.99 Å². The zero-order chi connectivity index (χ0) is 18.1. The molecular weight excluding hydrogens is 486 g/mol. The molecule has 0 aliphatic rings. The molecule has 2 aromatic rings. The van der Waals surface area contributed by atoms with Crippen molar-refractivity contribution in [1.82, 2.24) is 25.4 Å². The van der Waals surface area contributed by atoms with Crippen molar-refractivity contribution in [2.75, 3.05) is 20.1 Å². The maximum Gasteiger partial charge on any atom is 0.191 e. The van der Waals surface area contributed by atoms with E-state index >= 15 is 0 Å². The van der Waals surface area contributed by atoms with Gasteiger partial charge in [-0.2, -0.15) is 0 Å². The molecule has 0 atom stereocenters. The second-order valence-corrected chi connectivity index (χ2v) is 6.40. The van der Waals surface area contributed by atoms with E-state index in [2.05, 4.69) is 32.7 Å². The number of rotatable bonds is 8. The zero-order valence-corrected chi connectivity index (χ0v) is 18.8. The number of halogens is 3. The Bertz CT molecular complexity index is 704. The number of guanidine groups is 1. The third kappa shape index (κ3) is 7.28. The van der Waals surface area contributed by atoms with Gasteiger partial charge in [-0.25, -0.2) is 0 Å². The quantitative estimate of drug-likeness (QED) is 0.246. The van der Waals surface area contributed by atoms with Crippen LogP contribution in [0.15, 0.2) is 29.5 Å². The van der Waals surface area contributed by atoms with Crippen LogP contribution in [-0.2, 0) is 19.4 Å². The van der Waals surface area contributed by atoms with Crippen molar-refractivity contribution >= 4 is 53.1 Å². The van der Waals surface area contributed by atoms with Crippen molar-refractivity contribution in [2.24, 2.45) is 4.99 Å². The third-order valence-electron chi connectivity index (χ3n) is 3.81. The fraction of sp³-hybridized carbons (Fsp3) is 0.471. The number of aromatic nitrogens is 3. The van der Waals surface area contributed by atoms with Gasteiger partial charge >= 0.3 is 0 Å². The summed E-state index contributed by atoms with van der Waals surface area (Å²) < 4.78 is 2.04. The number of aryl methyl sites for hydroxylation is 2. The first-order chi connectivity index (χ1) is 12.1. The molecule has 0 bridgehead atoms. The van der Waals surface area contributed by atoms with Gasteiger partial charge in [0.15, 0.2) is 5.96 Å². The number of hydrogen-bond donors (Lipinski definition) is 2. The highest BCUT2D eigenvalue weighted by Gasteiger charge is 2.03. The topological polar surface area (TPSA) is 67.1 Å². The molecule has 6 nitrogen and oxygen atoms in total. The zero-order valence-electron chi connectivity index (χ0n) is 15.0. The van der Waals surface area contributed by atoms with E-state index in [0.29, 0.717) is 5.02 Å². The molecule has 2 N–H and O–H groups in total. The van der Waals surface area contributed by atoms with Crippen LogP contribution < -0.4 is 10.6 Å². The van der Waals surface area contributed by atoms with E-state index in [-0.39, 0.29) is 24.0 Å². The Labute approximate surface area is 181 Å². The minimum absolute atomic E-state index is 0. The van der Waals surface area contributed by atoms with E-state index in [4.69, 9.17) is 23.2 Å². The SMILES string of the molecule is CCc1nncn1CCNC(=NC)NCCCc1ccc(Cl)cc1Cl.I. The summed E-state index contributed by atoms with van der Waals surface area (Å²) in [6.45, 7) is 4.44. The standard InChI is InChI=1S/C17H24Cl2N6.HI/c1-3-16-24-23-12-25(16)10-9-22-17(20-2)21-8-4-5-13-6-7-14(18)11-15(13)19;/h6-7,11-12H,3-5,8-10H2,1-2H3,(H2,20,21,22);1H. The Hall–Kier alpha value is -1.06. The first-order valence-electron chi connectivity index (χ1n) is 8.39. The van der Waals surface area contributed by atoms with Crippen molar-refractivity contribution in [2.45, 2.75) is 32.7 Å². The third-order valence-corrected chi connectivity index (χ3v) is 4.40. The summed E-state index contributed by atoms with van der Waals surface area (Å²) in [7, 11) is 1.77. The molecule has 1 aromatic carbocycles. The van der Waals surface area contributed by atoms with Crippen LogP contribution in [0.1, 0.15) is 24.7 Å². The van der Waals surface area contributed by atoms with Gasteiger partial charge in [0.2, 0.25) is 0 Å². The molecule has 1 aromatic heterocycles. The fourth-order valence-electron chi connectivity index (χ4n) is 2.46. The van der Waals surface area contributed by atoms with Gasteiger partial charge in [0.1, 0.15) is 12.2 Å². The Kier molecular flexibility index (Phi) is 10.9. The molecular formula is C17H25Cl2IN6. The summed E-state index contributed by atoms with van der Waals surface area (Å²) in [5, 5.41) is 16.0. The van der Waals surface area contributed by atoms with Gasteiger partial charge in [-0.1, -0.05) is 36.2 Å². The molecule has 9 heteroatoms. The number of benzene rings is 1. The summed E-state index contributed by atoms with van der Waals surface area (Å²) in [5.74, 6) is 1.78. The van der Waals surface area contributed by atoms with Crippen LogP contribution in [0.25, 0.3) is 0 Å². The lowest BCUT2D eigenvalue weighted by Crippen LogP contribution is -2.39. The number of aliphatic imine (C=N–C) groups is 1. The van der Waals surface area contributed by atoms with Crippen LogP contribution in [-0.4, -0.2) is 40.9 Å². The predicted molar refractivity (Wildman–Crippen MR) is 119 cm³/mol. The largest absolute Gasteiger partial charge is 0.356 e. The van der Waals surface area contributed by atoms with Gasteiger partial charge in [0, 0.05) is 43.1 Å². The van der Waals surface area contributed by atoms with Gasteiger partial charge in [-0.05, 0) is 30.5 Å². The van der Waals surface area contributed by atoms with Crippen molar-refractivity contribution < 1.29 is 0 Å². The van der Waals surface area contributed by atoms with Gasteiger partial charge in [0.05, 0.1) is 0 Å². The van der Waals surface area contributed by atoms with Crippen molar-refractivity contribution in [3.63, 3.8) is 0 Å². The molecule has 0 unspecified atom stereocenters. The van der Waals surface area contributed by atoms with Crippen LogP contribution >= 0.6 is 47.2 Å². The maximum atomic E-state index is 6.19. The first kappa shape index (κ1) is 23.0. The van der Waals surface area contributed by atoms with Crippen LogP contribution in [0.2, 0.25) is 10.0 Å². The Morgan fingerprint density at radius 3 is 2.69 bits per heavy atom. The molecule has 0 saturated heterocycles. The minimum Gasteiger partial charge on any atom is -0.356 e. The summed E-state index contributed by atoms with van der Waals surface area (Å²) in [4.78, 5) is 4.23. The molecule has 1 heterocycles. The first-order valence-corrected chi connectivity index (χ1v) is 9.14. The summed E-state index contributed by atoms with van der Waals surface area (Å²) in [6, 6.07) is 5.62. The van der Waals surface area contributed by atoms with E-state index < -0.39 is 0 Å². The highest BCUT2D eigenvalue weighted by Crippen LogP contribution is 2.21. The molecule has 0 fully saturated rings.